The Balaban J connectivity index is 1.93. The summed E-state index contributed by atoms with van der Waals surface area (Å²) in [6.07, 6.45) is 0. The van der Waals surface area contributed by atoms with Crippen LogP contribution < -0.4 is 14.4 Å². The minimum atomic E-state index is -3.93. The number of amides is 1. The standard InChI is InChI=1S/C21H19IN2O4S/c1-28-20-10-6-5-9-19(20)23-21(25)15-24(17-13-11-16(22)12-14-17)29(26,27)18-7-3-2-4-8-18/h2-14H,15H2,1H3,(H,23,25). The van der Waals surface area contributed by atoms with Gasteiger partial charge in [0.1, 0.15) is 12.3 Å². The Morgan fingerprint density at radius 1 is 0.966 bits per heavy atom. The molecule has 0 aliphatic rings. The van der Waals surface area contributed by atoms with Crippen LogP contribution in [0.4, 0.5) is 11.4 Å². The van der Waals surface area contributed by atoms with Crippen molar-refractivity contribution in [2.24, 2.45) is 0 Å². The molecule has 0 unspecified atom stereocenters. The number of sulfonamides is 1. The summed E-state index contributed by atoms with van der Waals surface area (Å²) in [6.45, 7) is -0.379. The van der Waals surface area contributed by atoms with Gasteiger partial charge in [0.15, 0.2) is 0 Å². The number of carbonyl (C=O) groups excluding carboxylic acids is 1. The number of nitrogens with one attached hydrogen (secondary N) is 1. The van der Waals surface area contributed by atoms with Gasteiger partial charge in [-0.3, -0.25) is 9.10 Å². The van der Waals surface area contributed by atoms with Crippen LogP contribution in [0.5, 0.6) is 5.75 Å². The predicted molar refractivity (Wildman–Crippen MR) is 122 cm³/mol. The molecule has 1 N–H and O–H groups in total. The number of para-hydroxylation sites is 2. The fraction of sp³-hybridized carbons (Fsp3) is 0.0952. The maximum absolute atomic E-state index is 13.2. The average Bonchev–Trinajstić information content (AvgIpc) is 2.74. The number of hydrogen-bond donors (Lipinski definition) is 1. The van der Waals surface area contributed by atoms with Gasteiger partial charge in [0, 0.05) is 3.57 Å². The van der Waals surface area contributed by atoms with E-state index < -0.39 is 15.9 Å². The van der Waals surface area contributed by atoms with Gasteiger partial charge >= 0.3 is 0 Å². The first kappa shape index (κ1) is 21.1. The van der Waals surface area contributed by atoms with Gasteiger partial charge in [0.25, 0.3) is 10.0 Å². The SMILES string of the molecule is COc1ccccc1NC(=O)CN(c1ccc(I)cc1)S(=O)(=O)c1ccccc1. The number of methoxy groups -OCH3 is 1. The molecule has 0 aliphatic heterocycles. The highest BCUT2D eigenvalue weighted by Crippen LogP contribution is 2.26. The fourth-order valence-electron chi connectivity index (χ4n) is 2.71. The summed E-state index contributed by atoms with van der Waals surface area (Å²) >= 11 is 2.14. The second kappa shape index (κ2) is 9.27. The lowest BCUT2D eigenvalue weighted by Gasteiger charge is -2.24. The van der Waals surface area contributed by atoms with Crippen LogP contribution in [0, 0.1) is 3.57 Å². The molecule has 150 valence electrons. The minimum absolute atomic E-state index is 0.114. The zero-order valence-corrected chi connectivity index (χ0v) is 18.6. The molecule has 1 amide bonds. The van der Waals surface area contributed by atoms with Crippen molar-refractivity contribution in [1.82, 2.24) is 0 Å². The Morgan fingerprint density at radius 2 is 1.59 bits per heavy atom. The second-order valence-corrected chi connectivity index (χ2v) is 9.16. The highest BCUT2D eigenvalue weighted by atomic mass is 127. The summed E-state index contributed by atoms with van der Waals surface area (Å²) in [5.74, 6) is 0.0140. The Bertz CT molecular complexity index is 1090. The highest BCUT2D eigenvalue weighted by Gasteiger charge is 2.27. The maximum atomic E-state index is 13.2. The van der Waals surface area contributed by atoms with Gasteiger partial charge in [-0.25, -0.2) is 8.42 Å². The first-order valence-electron chi connectivity index (χ1n) is 8.68. The van der Waals surface area contributed by atoms with E-state index >= 15 is 0 Å². The van der Waals surface area contributed by atoms with Crippen LogP contribution in [0.25, 0.3) is 0 Å². The highest BCUT2D eigenvalue weighted by molar-refractivity contribution is 14.1. The van der Waals surface area contributed by atoms with Crippen molar-refractivity contribution in [3.63, 3.8) is 0 Å². The quantitative estimate of drug-likeness (QED) is 0.474. The summed E-state index contributed by atoms with van der Waals surface area (Å²) < 4.78 is 33.8. The summed E-state index contributed by atoms with van der Waals surface area (Å²) in [4.78, 5) is 12.8. The third kappa shape index (κ3) is 5.07. The van der Waals surface area contributed by atoms with Crippen LogP contribution in [0.2, 0.25) is 0 Å². The Kier molecular flexibility index (Phi) is 6.75. The van der Waals surface area contributed by atoms with E-state index in [1.165, 1.54) is 19.2 Å². The molecule has 0 saturated heterocycles. The van der Waals surface area contributed by atoms with Gasteiger partial charge in [-0.15, -0.1) is 0 Å². The van der Waals surface area contributed by atoms with Crippen molar-refractivity contribution in [2.45, 2.75) is 4.90 Å². The smallest absolute Gasteiger partial charge is 0.264 e. The summed E-state index contributed by atoms with van der Waals surface area (Å²) in [5.41, 5.74) is 0.879. The summed E-state index contributed by atoms with van der Waals surface area (Å²) in [7, 11) is -2.43. The molecule has 3 aromatic rings. The van der Waals surface area contributed by atoms with Crippen LogP contribution in [-0.4, -0.2) is 28.0 Å². The van der Waals surface area contributed by atoms with E-state index in [0.29, 0.717) is 17.1 Å². The molecule has 0 atom stereocenters. The monoisotopic (exact) mass is 522 g/mol. The molecule has 0 heterocycles. The molecule has 6 nitrogen and oxygen atoms in total. The lowest BCUT2D eigenvalue weighted by atomic mass is 10.3. The number of ether oxygens (including phenoxy) is 1. The first-order chi connectivity index (χ1) is 13.9. The maximum Gasteiger partial charge on any atom is 0.264 e. The van der Waals surface area contributed by atoms with Crippen molar-refractivity contribution in [3.8, 4) is 5.75 Å². The molecular formula is C21H19IN2O4S. The van der Waals surface area contributed by atoms with Crippen molar-refractivity contribution >= 4 is 49.9 Å². The second-order valence-electron chi connectivity index (χ2n) is 6.05. The third-order valence-corrected chi connectivity index (χ3v) is 6.62. The largest absolute Gasteiger partial charge is 0.495 e. The molecule has 0 aromatic heterocycles. The number of carbonyl (C=O) groups is 1. The molecule has 3 rings (SSSR count). The molecule has 29 heavy (non-hydrogen) atoms. The van der Waals surface area contributed by atoms with E-state index in [2.05, 4.69) is 27.9 Å². The van der Waals surface area contributed by atoms with E-state index in [1.54, 1.807) is 66.7 Å². The van der Waals surface area contributed by atoms with Crippen LogP contribution in [0.3, 0.4) is 0 Å². The topological polar surface area (TPSA) is 75.7 Å². The Hall–Kier alpha value is -2.59. The van der Waals surface area contributed by atoms with Gasteiger partial charge in [0.2, 0.25) is 5.91 Å². The number of rotatable bonds is 7. The van der Waals surface area contributed by atoms with Crippen molar-refractivity contribution in [1.29, 1.82) is 0 Å². The minimum Gasteiger partial charge on any atom is -0.495 e. The number of anilines is 2. The van der Waals surface area contributed by atoms with Gasteiger partial charge < -0.3 is 10.1 Å². The number of nitrogens with zero attached hydrogens (tertiary/aromatic N) is 1. The van der Waals surface area contributed by atoms with Gasteiger partial charge in [0.05, 0.1) is 23.4 Å². The number of hydrogen-bond acceptors (Lipinski definition) is 4. The van der Waals surface area contributed by atoms with Crippen LogP contribution in [-0.2, 0) is 14.8 Å². The van der Waals surface area contributed by atoms with Gasteiger partial charge in [-0.2, -0.15) is 0 Å². The van der Waals surface area contributed by atoms with Crippen LogP contribution in [0.15, 0.2) is 83.8 Å². The van der Waals surface area contributed by atoms with E-state index in [9.17, 15) is 13.2 Å². The van der Waals surface area contributed by atoms with E-state index in [-0.39, 0.29) is 11.4 Å². The Morgan fingerprint density at radius 3 is 2.24 bits per heavy atom. The average molecular weight is 522 g/mol. The fourth-order valence-corrected chi connectivity index (χ4v) is 4.51. The molecule has 0 bridgehead atoms. The van der Waals surface area contributed by atoms with Gasteiger partial charge in [-0.1, -0.05) is 30.3 Å². The molecule has 3 aromatic carbocycles. The van der Waals surface area contributed by atoms with Crippen molar-refractivity contribution < 1.29 is 17.9 Å². The van der Waals surface area contributed by atoms with E-state index in [1.807, 2.05) is 0 Å². The van der Waals surface area contributed by atoms with E-state index in [4.69, 9.17) is 4.74 Å². The zero-order valence-electron chi connectivity index (χ0n) is 15.6. The number of benzene rings is 3. The van der Waals surface area contributed by atoms with Crippen LogP contribution in [0.1, 0.15) is 0 Å². The molecule has 0 aliphatic carbocycles. The van der Waals surface area contributed by atoms with E-state index in [0.717, 1.165) is 7.88 Å². The molecular weight excluding hydrogens is 503 g/mol. The van der Waals surface area contributed by atoms with Crippen molar-refractivity contribution in [3.05, 3.63) is 82.4 Å². The zero-order chi connectivity index (χ0) is 20.9. The molecule has 0 spiro atoms. The first-order valence-corrected chi connectivity index (χ1v) is 11.2. The molecule has 0 radical (unpaired) electrons. The summed E-state index contributed by atoms with van der Waals surface area (Å²) in [6, 6.07) is 21.9. The molecule has 8 heteroatoms. The third-order valence-electron chi connectivity index (χ3n) is 4.11. The predicted octanol–water partition coefficient (Wildman–Crippen LogP) is 4.13. The Labute approximate surface area is 183 Å². The molecule has 0 saturated carbocycles. The summed E-state index contributed by atoms with van der Waals surface area (Å²) in [5, 5.41) is 2.73. The lowest BCUT2D eigenvalue weighted by molar-refractivity contribution is -0.114. The van der Waals surface area contributed by atoms with Crippen LogP contribution >= 0.6 is 22.6 Å². The van der Waals surface area contributed by atoms with Crippen molar-refractivity contribution in [2.75, 3.05) is 23.3 Å². The van der Waals surface area contributed by atoms with Gasteiger partial charge in [-0.05, 0) is 71.1 Å². The number of halogens is 1. The normalized spacial score (nSPS) is 11.0. The molecule has 0 fully saturated rings. The lowest BCUT2D eigenvalue weighted by Crippen LogP contribution is -2.38.